The molecule has 3 amide bonds. The van der Waals surface area contributed by atoms with E-state index in [9.17, 15) is 40.8 Å². The molecule has 1 aromatic rings. The van der Waals surface area contributed by atoms with Gasteiger partial charge in [0, 0.05) is 0 Å². The van der Waals surface area contributed by atoms with Crippen molar-refractivity contribution in [1.82, 2.24) is 25.4 Å². The van der Waals surface area contributed by atoms with Crippen LogP contribution in [0.25, 0.3) is 6.08 Å². The molecule has 18 nitrogen and oxygen atoms in total. The Morgan fingerprint density at radius 3 is 2.24 bits per heavy atom. The summed E-state index contributed by atoms with van der Waals surface area (Å²) >= 11 is 0. The predicted molar refractivity (Wildman–Crippen MR) is 156 cm³/mol. The van der Waals surface area contributed by atoms with E-state index >= 15 is 0 Å². The van der Waals surface area contributed by atoms with Crippen LogP contribution in [0.1, 0.15) is 34.9 Å². The van der Waals surface area contributed by atoms with Gasteiger partial charge in [-0.05, 0) is 31.6 Å². The molecule has 3 aliphatic heterocycles. The Morgan fingerprint density at radius 1 is 1.02 bits per heavy atom. The van der Waals surface area contributed by atoms with E-state index in [2.05, 4.69) is 32.3 Å². The molecule has 0 aromatic carbocycles. The molecular weight excluding hydrogens is 640 g/mol. The molecule has 4 rings (SSSR count). The molecule has 4 heterocycles. The first-order valence-electron chi connectivity index (χ1n) is 13.2. The normalized spacial score (nSPS) is 23.1. The average Bonchev–Trinajstić information content (AvgIpc) is 3.70. The lowest BCUT2D eigenvalue weighted by Crippen LogP contribution is -2.34. The van der Waals surface area contributed by atoms with E-state index in [4.69, 9.17) is 10.4 Å². The topological polar surface area (TPSA) is 264 Å². The summed E-state index contributed by atoms with van der Waals surface area (Å²) in [5.41, 5.74) is -1.90. The van der Waals surface area contributed by atoms with Crippen molar-refractivity contribution in [3.63, 3.8) is 0 Å². The number of hydrogen-bond donors (Lipinski definition) is 5. The third kappa shape index (κ3) is 7.64. The molecule has 0 spiro atoms. The fourth-order valence-electron chi connectivity index (χ4n) is 4.82. The lowest BCUT2D eigenvalue weighted by Gasteiger charge is -2.17. The fourth-order valence-corrected chi connectivity index (χ4v) is 8.21. The monoisotopic (exact) mass is 668 g/mol. The minimum Gasteiger partial charge on any atom is -0.480 e. The lowest BCUT2D eigenvalue weighted by molar-refractivity contribution is -0.208. The van der Waals surface area contributed by atoms with Gasteiger partial charge in [-0.2, -0.15) is 5.10 Å². The quantitative estimate of drug-likeness (QED) is 0.0581. The molecule has 2 atom stereocenters. The maximum atomic E-state index is 13.1. The molecule has 0 aliphatic carbocycles. The molecule has 20 heteroatoms. The first kappa shape index (κ1) is 33.1. The zero-order valence-corrected chi connectivity index (χ0v) is 25.0. The number of carboxylic acids is 1. The van der Waals surface area contributed by atoms with Gasteiger partial charge in [-0.15, -0.1) is 0 Å². The maximum absolute atomic E-state index is 13.1. The number of nitrogens with one attached hydrogen (secondary N) is 3. The third-order valence-corrected chi connectivity index (χ3v) is 10.4. The molecular formula is C25H28N6O12S2. The van der Waals surface area contributed by atoms with E-state index < -0.39 is 79.1 Å². The molecule has 3 aliphatic rings. The average molecular weight is 669 g/mol. The van der Waals surface area contributed by atoms with Crippen molar-refractivity contribution < 1.29 is 51.3 Å². The highest BCUT2D eigenvalue weighted by Gasteiger charge is 2.42. The van der Waals surface area contributed by atoms with Crippen molar-refractivity contribution in [2.45, 2.75) is 24.9 Å². The number of H-pyrrole nitrogens is 1. The lowest BCUT2D eigenvalue weighted by atomic mass is 10.1. The van der Waals surface area contributed by atoms with E-state index in [1.54, 1.807) is 0 Å². The van der Waals surface area contributed by atoms with Crippen molar-refractivity contribution in [3.8, 4) is 0 Å². The molecule has 242 valence electrons. The van der Waals surface area contributed by atoms with Gasteiger partial charge in [0.2, 0.25) is 5.88 Å². The van der Waals surface area contributed by atoms with E-state index in [-0.39, 0.29) is 52.7 Å². The Kier molecular flexibility index (Phi) is 9.59. The van der Waals surface area contributed by atoms with Crippen molar-refractivity contribution in [1.29, 1.82) is 0 Å². The second-order valence-electron chi connectivity index (χ2n) is 10.2. The third-order valence-electron chi connectivity index (χ3n) is 6.93. The molecule has 0 saturated carbocycles. The standard InChI is InChI=1S/C25H28N6O12S2/c1-14(43-38)27-23(35)21-18(25(37)31(29-21)16-8-10-45(41,42)13-16)6-4-2-3-5-17-20(22(34)26-11-19(32)33)28-30(24(17)36)15-7-9-44(39,40)12-15/h2-6,15-16,28,38H,1,7-13H2,(H,26,34)(H,27,35)(H,32,33)/b4-2+,5-3+,18-6-. The van der Waals surface area contributed by atoms with Crippen molar-refractivity contribution in [2.75, 3.05) is 29.6 Å². The van der Waals surface area contributed by atoms with Gasteiger partial charge in [-0.3, -0.25) is 34.4 Å². The molecule has 5 N–H and O–H groups in total. The zero-order valence-electron chi connectivity index (χ0n) is 23.3. The Balaban J connectivity index is 1.61. The number of hydrogen-bond acceptors (Lipinski definition) is 12. The first-order valence-corrected chi connectivity index (χ1v) is 16.8. The Labute approximate surface area is 255 Å². The number of aromatic amines is 1. The summed E-state index contributed by atoms with van der Waals surface area (Å²) < 4.78 is 48.8. The molecule has 2 fully saturated rings. The summed E-state index contributed by atoms with van der Waals surface area (Å²) in [4.78, 5) is 66.4. The number of carboxylic acid groups (broad SMARTS) is 1. The van der Waals surface area contributed by atoms with Gasteiger partial charge in [-0.25, -0.2) is 31.8 Å². The second-order valence-corrected chi connectivity index (χ2v) is 14.6. The maximum Gasteiger partial charge on any atom is 0.322 e. The molecule has 0 bridgehead atoms. The summed E-state index contributed by atoms with van der Waals surface area (Å²) in [7, 11) is -6.80. The van der Waals surface area contributed by atoms with Gasteiger partial charge in [0.1, 0.15) is 12.2 Å². The smallest absolute Gasteiger partial charge is 0.322 e. The second kappa shape index (κ2) is 13.0. The van der Waals surface area contributed by atoms with Crippen molar-refractivity contribution >= 4 is 55.2 Å². The number of carbonyl (C=O) groups excluding carboxylic acids is 3. The largest absolute Gasteiger partial charge is 0.480 e. The van der Waals surface area contributed by atoms with Gasteiger partial charge >= 0.3 is 5.97 Å². The zero-order chi connectivity index (χ0) is 33.1. The van der Waals surface area contributed by atoms with Gasteiger partial charge < -0.3 is 15.3 Å². The van der Waals surface area contributed by atoms with Crippen molar-refractivity contribution in [3.05, 3.63) is 64.0 Å². The van der Waals surface area contributed by atoms with Gasteiger partial charge in [-0.1, -0.05) is 18.2 Å². The summed E-state index contributed by atoms with van der Waals surface area (Å²) in [6, 6.07) is -1.58. The Hall–Kier alpha value is -4.82. The van der Waals surface area contributed by atoms with Gasteiger partial charge in [0.05, 0.1) is 46.2 Å². The van der Waals surface area contributed by atoms with Crippen LogP contribution in [0.2, 0.25) is 0 Å². The molecule has 2 unspecified atom stereocenters. The Bertz CT molecular complexity index is 1850. The van der Waals surface area contributed by atoms with Crippen LogP contribution in [0, 0.1) is 0 Å². The highest BCUT2D eigenvalue weighted by Crippen LogP contribution is 2.26. The summed E-state index contributed by atoms with van der Waals surface area (Å²) in [6.07, 6.45) is 6.54. The fraction of sp³-hybridized carbons (Fsp3) is 0.360. The minimum atomic E-state index is -3.41. The van der Waals surface area contributed by atoms with Crippen LogP contribution in [0.4, 0.5) is 0 Å². The number of amides is 3. The number of aliphatic carboxylic acids is 1. The summed E-state index contributed by atoms with van der Waals surface area (Å²) in [6.45, 7) is 2.50. The SMILES string of the molecule is C=C(NC(=O)C1=NN(C2CCS(=O)(=O)C2)C(=O)\C1=C/C=C/C=C/c1c(C(=O)NCC(=O)O)[nH]n(C2CCS(=O)(=O)C2)c1=O)OO. The van der Waals surface area contributed by atoms with E-state index in [1.807, 2.05) is 0 Å². The molecule has 2 saturated heterocycles. The van der Waals surface area contributed by atoms with Crippen LogP contribution in [-0.2, 0) is 38.9 Å². The molecule has 0 radical (unpaired) electrons. The summed E-state index contributed by atoms with van der Waals surface area (Å²) in [5, 5.41) is 29.3. The van der Waals surface area contributed by atoms with E-state index in [1.165, 1.54) is 30.4 Å². The number of rotatable bonds is 11. The highest BCUT2D eigenvalue weighted by atomic mass is 32.2. The number of hydrazone groups is 1. The van der Waals surface area contributed by atoms with Gasteiger partial charge in [0.25, 0.3) is 23.3 Å². The predicted octanol–water partition coefficient (Wildman–Crippen LogP) is -1.69. The van der Waals surface area contributed by atoms with Crippen molar-refractivity contribution in [2.24, 2.45) is 5.10 Å². The van der Waals surface area contributed by atoms with Crippen LogP contribution in [0.3, 0.4) is 0 Å². The van der Waals surface area contributed by atoms with Crippen LogP contribution in [0.15, 0.2) is 52.2 Å². The molecule has 45 heavy (non-hydrogen) atoms. The van der Waals surface area contributed by atoms with Crippen LogP contribution in [-0.4, -0.2) is 107 Å². The van der Waals surface area contributed by atoms with Gasteiger partial charge in [0.15, 0.2) is 25.4 Å². The van der Waals surface area contributed by atoms with Crippen LogP contribution in [0.5, 0.6) is 0 Å². The minimum absolute atomic E-state index is 0.105. The highest BCUT2D eigenvalue weighted by molar-refractivity contribution is 7.91. The van der Waals surface area contributed by atoms with E-state index in [0.717, 1.165) is 9.69 Å². The summed E-state index contributed by atoms with van der Waals surface area (Å²) in [5.74, 6) is -5.57. The number of carbonyl (C=O) groups is 4. The number of nitrogens with zero attached hydrogens (tertiary/aromatic N) is 3. The van der Waals surface area contributed by atoms with Crippen LogP contribution >= 0.6 is 0 Å². The Morgan fingerprint density at radius 2 is 1.67 bits per heavy atom. The van der Waals surface area contributed by atoms with E-state index in [0.29, 0.717) is 0 Å². The number of aromatic nitrogens is 2. The number of allylic oxidation sites excluding steroid dienone is 4. The number of sulfone groups is 2. The van der Waals surface area contributed by atoms with Crippen LogP contribution < -0.4 is 16.2 Å². The molecule has 1 aromatic heterocycles. The first-order chi connectivity index (χ1) is 21.1.